The molecule has 0 radical (unpaired) electrons. The third-order valence-corrected chi connectivity index (χ3v) is 6.09. The molecule has 0 unspecified atom stereocenters. The molecule has 2 aromatic carbocycles. The van der Waals surface area contributed by atoms with Gasteiger partial charge in [-0.15, -0.1) is 0 Å². The minimum Gasteiger partial charge on any atom is -0.384 e. The summed E-state index contributed by atoms with van der Waals surface area (Å²) in [4.78, 5) is 38.0. The largest absolute Gasteiger partial charge is 0.405 e. The summed E-state index contributed by atoms with van der Waals surface area (Å²) in [5, 5.41) is 16.5. The SMILES string of the molecule is CC(C)[C@H](NC(=O)[C@@H](NC(=O)[C@@H](N)Cc1cccc(Cl)c1)c1ccccc1)[C@@H](O)C(F)(F)C(=O)NCC(F)(F)F. The average Bonchev–Trinajstić information content (AvgIpc) is 2.88. The van der Waals surface area contributed by atoms with E-state index in [-0.39, 0.29) is 12.0 Å². The number of carbonyl (C=O) groups is 3. The van der Waals surface area contributed by atoms with Gasteiger partial charge in [0, 0.05) is 5.02 Å². The molecule has 0 spiro atoms. The number of aliphatic hydroxyl groups excluding tert-OH is 1. The van der Waals surface area contributed by atoms with Gasteiger partial charge in [0.15, 0.2) is 0 Å². The molecule has 0 aromatic heterocycles. The number of aliphatic hydroxyl groups is 1. The zero-order chi connectivity index (χ0) is 30.3. The minimum atomic E-state index is -4.96. The van der Waals surface area contributed by atoms with Crippen LogP contribution in [-0.4, -0.2) is 59.7 Å². The number of carbonyl (C=O) groups excluding carboxylic acids is 3. The number of benzene rings is 2. The predicted octanol–water partition coefficient (Wildman–Crippen LogP) is 2.88. The summed E-state index contributed by atoms with van der Waals surface area (Å²) in [6.07, 6.45) is -7.80. The van der Waals surface area contributed by atoms with Crippen molar-refractivity contribution in [3.63, 3.8) is 0 Å². The van der Waals surface area contributed by atoms with Gasteiger partial charge in [0.25, 0.3) is 5.91 Å². The van der Waals surface area contributed by atoms with Gasteiger partial charge in [0.05, 0.1) is 12.1 Å². The van der Waals surface area contributed by atoms with Crippen LogP contribution in [0.3, 0.4) is 0 Å². The van der Waals surface area contributed by atoms with Crippen molar-refractivity contribution < 1.29 is 41.4 Å². The van der Waals surface area contributed by atoms with E-state index in [9.17, 15) is 41.4 Å². The monoisotopic (exact) mass is 592 g/mol. The van der Waals surface area contributed by atoms with Crippen molar-refractivity contribution in [2.24, 2.45) is 11.7 Å². The molecule has 0 aliphatic heterocycles. The van der Waals surface area contributed by atoms with Gasteiger partial charge in [-0.3, -0.25) is 14.4 Å². The molecule has 4 atom stereocenters. The second-order valence-corrected chi connectivity index (χ2v) is 9.87. The van der Waals surface area contributed by atoms with E-state index in [0.29, 0.717) is 10.6 Å². The van der Waals surface area contributed by atoms with E-state index in [1.807, 2.05) is 0 Å². The number of hydrogen-bond acceptors (Lipinski definition) is 5. The molecule has 8 nitrogen and oxygen atoms in total. The molecule has 0 aliphatic carbocycles. The summed E-state index contributed by atoms with van der Waals surface area (Å²) in [7, 11) is 0. The van der Waals surface area contributed by atoms with Crippen LogP contribution in [0.4, 0.5) is 22.0 Å². The number of halogens is 6. The third kappa shape index (κ3) is 9.42. The number of alkyl halides is 5. The zero-order valence-corrected chi connectivity index (χ0v) is 22.3. The second-order valence-electron chi connectivity index (χ2n) is 9.44. The molecular weight excluding hydrogens is 563 g/mol. The molecule has 220 valence electrons. The van der Waals surface area contributed by atoms with Crippen molar-refractivity contribution in [1.82, 2.24) is 16.0 Å². The quantitative estimate of drug-likeness (QED) is 0.242. The highest BCUT2D eigenvalue weighted by molar-refractivity contribution is 6.30. The van der Waals surface area contributed by atoms with Crippen LogP contribution in [0.25, 0.3) is 0 Å². The zero-order valence-electron chi connectivity index (χ0n) is 21.5. The molecule has 40 heavy (non-hydrogen) atoms. The maximum absolute atomic E-state index is 14.6. The molecule has 0 fully saturated rings. The van der Waals surface area contributed by atoms with E-state index in [4.69, 9.17) is 17.3 Å². The Bertz CT molecular complexity index is 1170. The summed E-state index contributed by atoms with van der Waals surface area (Å²) >= 11 is 5.96. The Hall–Kier alpha value is -3.29. The number of nitrogens with one attached hydrogen (secondary N) is 3. The number of rotatable bonds is 12. The highest BCUT2D eigenvalue weighted by Crippen LogP contribution is 2.26. The van der Waals surface area contributed by atoms with Crippen LogP contribution in [0.2, 0.25) is 5.02 Å². The highest BCUT2D eigenvalue weighted by atomic mass is 35.5. The lowest BCUT2D eigenvalue weighted by atomic mass is 9.93. The Morgan fingerprint density at radius 1 is 0.950 bits per heavy atom. The fourth-order valence-corrected chi connectivity index (χ4v) is 3.93. The van der Waals surface area contributed by atoms with Crippen LogP contribution < -0.4 is 21.7 Å². The first kappa shape index (κ1) is 32.9. The molecule has 2 aromatic rings. The first-order chi connectivity index (χ1) is 18.5. The average molecular weight is 593 g/mol. The van der Waals surface area contributed by atoms with Gasteiger partial charge in [-0.05, 0) is 35.6 Å². The number of hydrogen-bond donors (Lipinski definition) is 5. The Morgan fingerprint density at radius 3 is 2.12 bits per heavy atom. The molecule has 0 heterocycles. The van der Waals surface area contributed by atoms with Crippen molar-refractivity contribution in [2.75, 3.05) is 6.54 Å². The molecule has 0 saturated carbocycles. The molecular formula is C26H30ClF5N4O4. The molecule has 3 amide bonds. The van der Waals surface area contributed by atoms with E-state index in [1.54, 1.807) is 42.5 Å². The Kier molecular flexibility index (Phi) is 11.4. The lowest BCUT2D eigenvalue weighted by molar-refractivity contribution is -0.175. The molecule has 0 aliphatic rings. The Morgan fingerprint density at radius 2 is 1.57 bits per heavy atom. The Balaban J connectivity index is 2.24. The topological polar surface area (TPSA) is 134 Å². The smallest absolute Gasteiger partial charge is 0.384 e. The van der Waals surface area contributed by atoms with Gasteiger partial charge in [-0.1, -0.05) is 67.9 Å². The number of nitrogens with two attached hydrogens (primary N) is 1. The summed E-state index contributed by atoms with van der Waals surface area (Å²) in [5.74, 6) is -9.77. The van der Waals surface area contributed by atoms with Gasteiger partial charge in [-0.2, -0.15) is 22.0 Å². The number of amides is 3. The van der Waals surface area contributed by atoms with Crippen LogP contribution in [0.5, 0.6) is 0 Å². The van der Waals surface area contributed by atoms with Crippen molar-refractivity contribution in [3.8, 4) is 0 Å². The molecule has 6 N–H and O–H groups in total. The fourth-order valence-electron chi connectivity index (χ4n) is 3.72. The first-order valence-corrected chi connectivity index (χ1v) is 12.5. The second kappa shape index (κ2) is 13.9. The summed E-state index contributed by atoms with van der Waals surface area (Å²) in [6, 6.07) is 9.91. The normalized spacial score (nSPS) is 15.1. The Labute approximate surface area is 232 Å². The lowest BCUT2D eigenvalue weighted by Gasteiger charge is -2.33. The van der Waals surface area contributed by atoms with Crippen molar-refractivity contribution in [2.45, 2.75) is 56.6 Å². The first-order valence-electron chi connectivity index (χ1n) is 12.1. The van der Waals surface area contributed by atoms with E-state index in [2.05, 4.69) is 10.6 Å². The van der Waals surface area contributed by atoms with E-state index < -0.39 is 66.5 Å². The van der Waals surface area contributed by atoms with E-state index in [0.717, 1.165) is 5.32 Å². The fraction of sp³-hybridized carbons (Fsp3) is 0.423. The van der Waals surface area contributed by atoms with E-state index in [1.165, 1.54) is 26.0 Å². The maximum Gasteiger partial charge on any atom is 0.405 e. The summed E-state index contributed by atoms with van der Waals surface area (Å²) in [5.41, 5.74) is 6.91. The molecule has 14 heteroatoms. The lowest BCUT2D eigenvalue weighted by Crippen LogP contribution is -2.60. The summed E-state index contributed by atoms with van der Waals surface area (Å²) < 4.78 is 66.5. The van der Waals surface area contributed by atoms with Gasteiger partial charge in [0.2, 0.25) is 11.8 Å². The predicted molar refractivity (Wildman–Crippen MR) is 137 cm³/mol. The third-order valence-electron chi connectivity index (χ3n) is 5.85. The highest BCUT2D eigenvalue weighted by Gasteiger charge is 2.52. The van der Waals surface area contributed by atoms with Gasteiger partial charge in [-0.25, -0.2) is 0 Å². The standard InChI is InChI=1S/C26H30ClF5N4O4/c1-14(2)19(21(37)26(31,32)24(40)34-13-25(28,29)30)35-23(39)20(16-8-4-3-5-9-16)36-22(38)18(33)12-15-7-6-10-17(27)11-15/h3-11,14,18-21,37H,12-13,33H2,1-2H3,(H,34,40)(H,35,39)(H,36,38)/t18-,19-,20-,21+/m0/s1. The van der Waals surface area contributed by atoms with Crippen LogP contribution >= 0.6 is 11.6 Å². The molecule has 0 bridgehead atoms. The summed E-state index contributed by atoms with van der Waals surface area (Å²) in [6.45, 7) is 0.647. The van der Waals surface area contributed by atoms with E-state index >= 15 is 0 Å². The van der Waals surface area contributed by atoms with Crippen LogP contribution in [0.1, 0.15) is 31.0 Å². The minimum absolute atomic E-state index is 0.0577. The van der Waals surface area contributed by atoms with Gasteiger partial charge >= 0.3 is 12.1 Å². The van der Waals surface area contributed by atoms with Crippen LogP contribution in [-0.2, 0) is 20.8 Å². The van der Waals surface area contributed by atoms with Gasteiger partial charge < -0.3 is 26.8 Å². The van der Waals surface area contributed by atoms with Crippen molar-refractivity contribution in [3.05, 3.63) is 70.7 Å². The molecule has 0 saturated heterocycles. The van der Waals surface area contributed by atoms with Crippen molar-refractivity contribution >= 4 is 29.3 Å². The van der Waals surface area contributed by atoms with Gasteiger partial charge in [0.1, 0.15) is 18.7 Å². The van der Waals surface area contributed by atoms with Crippen LogP contribution in [0.15, 0.2) is 54.6 Å². The van der Waals surface area contributed by atoms with Crippen LogP contribution in [0, 0.1) is 5.92 Å². The van der Waals surface area contributed by atoms with Crippen molar-refractivity contribution in [1.29, 1.82) is 0 Å². The maximum atomic E-state index is 14.6. The molecule has 2 rings (SSSR count).